The summed E-state index contributed by atoms with van der Waals surface area (Å²) < 4.78 is 11.6. The molecule has 12 aromatic rings. The molecule has 0 unspecified atom stereocenters. The second-order valence-electron chi connectivity index (χ2n) is 13.7. The van der Waals surface area contributed by atoms with Crippen LogP contribution in [0.5, 0.6) is 0 Å². The van der Waals surface area contributed by atoms with Gasteiger partial charge in [0.1, 0.15) is 16.8 Å². The van der Waals surface area contributed by atoms with Gasteiger partial charge < -0.3 is 8.98 Å². The summed E-state index contributed by atoms with van der Waals surface area (Å²) in [4.78, 5) is 10.9. The van der Waals surface area contributed by atoms with Crippen molar-refractivity contribution in [3.8, 4) is 22.9 Å². The van der Waals surface area contributed by atoms with Crippen LogP contribution in [0.2, 0.25) is 0 Å². The lowest BCUT2D eigenvalue weighted by Crippen LogP contribution is -2.03. The quantitative estimate of drug-likeness (QED) is 0.175. The molecule has 0 aliphatic rings. The monoisotopic (exact) mass is 676 g/mol. The van der Waals surface area contributed by atoms with E-state index in [4.69, 9.17) is 14.4 Å². The summed E-state index contributed by atoms with van der Waals surface area (Å²) in [6.45, 7) is 0. The average Bonchev–Trinajstić information content (AvgIpc) is 3.89. The molecule has 0 saturated carbocycles. The Morgan fingerprint density at radius 2 is 0.887 bits per heavy atom. The molecule has 0 atom stereocenters. The molecule has 0 saturated heterocycles. The maximum Gasteiger partial charge on any atom is 0.236 e. The maximum atomic E-state index is 7.04. The lowest BCUT2D eigenvalue weighted by atomic mass is 9.98. The van der Waals surface area contributed by atoms with E-state index in [1.165, 1.54) is 10.8 Å². The van der Waals surface area contributed by atoms with Crippen LogP contribution in [0.4, 0.5) is 0 Å². The van der Waals surface area contributed by atoms with Crippen LogP contribution in [0.3, 0.4) is 0 Å². The summed E-state index contributed by atoms with van der Waals surface area (Å²) in [5, 5.41) is 10.2. The second-order valence-corrected chi connectivity index (χ2v) is 13.7. The first-order chi connectivity index (χ1) is 26.3. The molecule has 246 valence electrons. The van der Waals surface area contributed by atoms with Crippen LogP contribution < -0.4 is 0 Å². The van der Waals surface area contributed by atoms with E-state index in [0.29, 0.717) is 11.5 Å². The first kappa shape index (κ1) is 28.5. The fourth-order valence-electron chi connectivity index (χ4n) is 8.67. The highest BCUT2D eigenvalue weighted by Crippen LogP contribution is 2.44. The van der Waals surface area contributed by atoms with Gasteiger partial charge in [-0.1, -0.05) is 127 Å². The van der Waals surface area contributed by atoms with Crippen molar-refractivity contribution >= 4 is 87.2 Å². The second kappa shape index (κ2) is 10.6. The largest absolute Gasteiger partial charge is 0.451 e. The van der Waals surface area contributed by atoms with Crippen molar-refractivity contribution in [3.05, 3.63) is 170 Å². The molecule has 5 heteroatoms. The predicted molar refractivity (Wildman–Crippen MR) is 218 cm³/mol. The van der Waals surface area contributed by atoms with Crippen LogP contribution in [0.15, 0.2) is 174 Å². The highest BCUT2D eigenvalue weighted by atomic mass is 16.3. The van der Waals surface area contributed by atoms with E-state index in [9.17, 15) is 0 Å². The molecule has 0 aliphatic heterocycles. The van der Waals surface area contributed by atoms with Gasteiger partial charge in [-0.2, -0.15) is 0 Å². The van der Waals surface area contributed by atoms with Crippen LogP contribution in [0.25, 0.3) is 110 Å². The summed E-state index contributed by atoms with van der Waals surface area (Å²) in [6.07, 6.45) is 0. The van der Waals surface area contributed by atoms with E-state index in [0.717, 1.165) is 87.8 Å². The third kappa shape index (κ3) is 3.91. The zero-order valence-corrected chi connectivity index (χ0v) is 28.4. The summed E-state index contributed by atoms with van der Waals surface area (Å²) in [7, 11) is 0. The number of benzene rings is 8. The lowest BCUT2D eigenvalue weighted by molar-refractivity contribution is 0.670. The number of fused-ring (bicyclic) bond motifs is 14. The van der Waals surface area contributed by atoms with Gasteiger partial charge >= 0.3 is 0 Å². The Hall–Kier alpha value is -7.24. The summed E-state index contributed by atoms with van der Waals surface area (Å²) in [6, 6.07) is 60.0. The maximum absolute atomic E-state index is 7.04. The van der Waals surface area contributed by atoms with E-state index >= 15 is 0 Å². The predicted octanol–water partition coefficient (Wildman–Crippen LogP) is 12.5. The van der Waals surface area contributed by atoms with Gasteiger partial charge in [0.2, 0.25) is 5.95 Å². The Morgan fingerprint density at radius 3 is 1.57 bits per heavy atom. The molecule has 0 N–H and O–H groups in total. The molecule has 5 nitrogen and oxygen atoms in total. The third-order valence-corrected chi connectivity index (χ3v) is 10.9. The highest BCUT2D eigenvalue weighted by molar-refractivity contribution is 6.30. The van der Waals surface area contributed by atoms with Gasteiger partial charge in [0.05, 0.1) is 27.5 Å². The van der Waals surface area contributed by atoms with Crippen LogP contribution in [0.1, 0.15) is 0 Å². The number of nitrogens with zero attached hydrogens (tertiary/aromatic N) is 4. The Labute approximate surface area is 302 Å². The molecule has 0 fully saturated rings. The minimum absolute atomic E-state index is 0.608. The van der Waals surface area contributed by atoms with Crippen molar-refractivity contribution in [2.75, 3.05) is 0 Å². The zero-order chi connectivity index (χ0) is 34.6. The molecular weight excluding hydrogens is 649 g/mol. The van der Waals surface area contributed by atoms with E-state index < -0.39 is 0 Å². The van der Waals surface area contributed by atoms with Crippen LogP contribution in [-0.2, 0) is 0 Å². The third-order valence-electron chi connectivity index (χ3n) is 10.9. The molecule has 12 rings (SSSR count). The Morgan fingerprint density at radius 1 is 0.377 bits per heavy atom. The van der Waals surface area contributed by atoms with Crippen LogP contribution >= 0.6 is 0 Å². The van der Waals surface area contributed by atoms with Gasteiger partial charge in [-0.25, -0.2) is 9.97 Å². The van der Waals surface area contributed by atoms with Crippen molar-refractivity contribution < 1.29 is 4.42 Å². The number of para-hydroxylation sites is 4. The van der Waals surface area contributed by atoms with Crippen molar-refractivity contribution in [1.29, 1.82) is 0 Å². The first-order valence-electron chi connectivity index (χ1n) is 17.9. The van der Waals surface area contributed by atoms with Gasteiger partial charge in [-0.05, 0) is 58.6 Å². The number of aromatic nitrogens is 4. The van der Waals surface area contributed by atoms with Crippen molar-refractivity contribution in [3.63, 3.8) is 0 Å². The van der Waals surface area contributed by atoms with Crippen molar-refractivity contribution in [1.82, 2.24) is 19.1 Å². The van der Waals surface area contributed by atoms with Gasteiger partial charge in [0.25, 0.3) is 0 Å². The molecule has 0 radical (unpaired) electrons. The van der Waals surface area contributed by atoms with Crippen molar-refractivity contribution in [2.24, 2.45) is 0 Å². The molecule has 0 spiro atoms. The van der Waals surface area contributed by atoms with Gasteiger partial charge in [0.15, 0.2) is 5.58 Å². The van der Waals surface area contributed by atoms with Crippen LogP contribution in [0, 0.1) is 0 Å². The first-order valence-corrected chi connectivity index (χ1v) is 17.9. The summed E-state index contributed by atoms with van der Waals surface area (Å²) in [5.74, 6) is 0.608. The molecule has 0 aliphatic carbocycles. The minimum Gasteiger partial charge on any atom is -0.451 e. The van der Waals surface area contributed by atoms with E-state index in [-0.39, 0.29) is 0 Å². The summed E-state index contributed by atoms with van der Waals surface area (Å²) in [5.41, 5.74) is 9.57. The van der Waals surface area contributed by atoms with E-state index in [1.807, 2.05) is 0 Å². The van der Waals surface area contributed by atoms with E-state index in [1.54, 1.807) is 0 Å². The molecule has 4 aromatic heterocycles. The number of furan rings is 1. The average molecular weight is 677 g/mol. The topological polar surface area (TPSA) is 48.8 Å². The van der Waals surface area contributed by atoms with Gasteiger partial charge in [-0.3, -0.25) is 4.57 Å². The molecule has 4 heterocycles. The van der Waals surface area contributed by atoms with Gasteiger partial charge in [-0.15, -0.1) is 0 Å². The SMILES string of the molecule is c1ccc(-n2c3ccccc3c3cc(-c4nc(-n5c6ccccc6c6ccccc65)nc5c4oc4c6ccccc6c6ccccc6c54)ccc32)cc1. The van der Waals surface area contributed by atoms with Crippen molar-refractivity contribution in [2.45, 2.75) is 0 Å². The number of rotatable bonds is 3. The fourth-order valence-corrected chi connectivity index (χ4v) is 8.67. The van der Waals surface area contributed by atoms with Gasteiger partial charge in [0, 0.05) is 38.2 Å². The normalized spacial score (nSPS) is 12.2. The number of hydrogen-bond donors (Lipinski definition) is 0. The molecule has 0 bridgehead atoms. The summed E-state index contributed by atoms with van der Waals surface area (Å²) >= 11 is 0. The Bertz CT molecular complexity index is 3410. The molecule has 53 heavy (non-hydrogen) atoms. The standard InChI is InChI=1S/C48H28N4O/c1-2-14-30(15-3-1)51-39-23-11-10-20-35(39)38-28-29(26-27-42(38)51)44-47-45(43-36-21-6-4-16-31(36)32-17-5-7-22-37(32)46(43)53-47)50-48(49-44)52-40-24-12-8-18-33(40)34-19-9-13-25-41(34)52/h1-28H. The highest BCUT2D eigenvalue weighted by Gasteiger charge is 2.24. The smallest absolute Gasteiger partial charge is 0.236 e. The lowest BCUT2D eigenvalue weighted by Gasteiger charge is -2.10. The zero-order valence-electron chi connectivity index (χ0n) is 28.4. The Balaban J connectivity index is 1.25. The molecule has 8 aromatic carbocycles. The molecular formula is C48H28N4O. The minimum atomic E-state index is 0.608. The fraction of sp³-hybridized carbons (Fsp3) is 0. The molecule has 0 amide bonds. The number of hydrogen-bond acceptors (Lipinski definition) is 3. The van der Waals surface area contributed by atoms with E-state index in [2.05, 4.69) is 179 Å². The van der Waals surface area contributed by atoms with Crippen LogP contribution in [-0.4, -0.2) is 19.1 Å². The Kier molecular flexibility index (Phi) is 5.71.